The van der Waals surface area contributed by atoms with Crippen LogP contribution >= 0.6 is 86.0 Å². The lowest BCUT2D eigenvalue weighted by Gasteiger charge is -2.30. The van der Waals surface area contributed by atoms with Crippen LogP contribution in [0.5, 0.6) is 0 Å². The average Bonchev–Trinajstić information content (AvgIpc) is 3.85. The Balaban J connectivity index is 0.000000176. The van der Waals surface area contributed by atoms with E-state index in [4.69, 9.17) is 9.47 Å². The molecule has 0 aliphatic carbocycles. The van der Waals surface area contributed by atoms with Gasteiger partial charge in [-0.1, -0.05) is 7.96 Å². The highest BCUT2D eigenvalue weighted by Gasteiger charge is 2.30. The van der Waals surface area contributed by atoms with E-state index in [0.717, 1.165) is 84.5 Å². The number of amides is 2. The molecule has 3 aliphatic rings. The van der Waals surface area contributed by atoms with Crippen molar-refractivity contribution in [3.63, 3.8) is 0 Å². The van der Waals surface area contributed by atoms with Crippen LogP contribution in [0.4, 0.5) is 22.8 Å². The Morgan fingerprint density at radius 3 is 1.60 bits per heavy atom. The number of rotatable bonds is 3. The van der Waals surface area contributed by atoms with Crippen LogP contribution in [0, 0.1) is 17.5 Å². The van der Waals surface area contributed by atoms with E-state index in [1.807, 2.05) is 66.3 Å². The molecule has 372 valence electrons. The van der Waals surface area contributed by atoms with Gasteiger partial charge in [0.2, 0.25) is 0 Å². The molecular weight excluding hydrogens is 1060 g/mol. The highest BCUT2D eigenvalue weighted by atomic mass is 35.5. The molecule has 3 aromatic carbocycles. The Morgan fingerprint density at radius 2 is 1.12 bits per heavy atom. The molecule has 6 atom stereocenters. The van der Waals surface area contributed by atoms with Crippen molar-refractivity contribution in [2.24, 2.45) is 14.1 Å². The summed E-state index contributed by atoms with van der Waals surface area (Å²) in [5.74, 6) is -0.659. The van der Waals surface area contributed by atoms with Crippen molar-refractivity contribution in [3.8, 4) is 0 Å². The van der Waals surface area contributed by atoms with Crippen LogP contribution < -0.4 is 5.32 Å². The summed E-state index contributed by atoms with van der Waals surface area (Å²) in [7, 11) is 19.6. The van der Waals surface area contributed by atoms with E-state index in [-0.39, 0.29) is 56.0 Å². The number of ether oxygens (including phenoxy) is 2. The molecule has 23 heteroatoms. The molecule has 0 saturated carbocycles. The summed E-state index contributed by atoms with van der Waals surface area (Å²) in [6.45, 7) is 15.9. The standard InChI is InChI=1S/C17H21FN2O2.C16H19FN2O2.C12H13FN2.ClH.H11P9/c1-17(2,3)22-16(21)20-8-7-14-13(10-20)12-6-5-11(18)9-15(12)19(14)4;1-16(2,3)21-15(20)19-7-6-13-12(9-19)11-5-4-10(17)8-14(11)18-13;1-15-11-4-5-14-7-10(11)9-3-2-8(13)6-12(9)15;;1-6-9(7(2)3)8(4)5/h5-6,9H,7-8,10H2,1-4H3;4-5,8,18H,6-7,9H2,1-3H3;2-3,6,14H,4-5,7H2,1H3;1H;6H,1-5H2. The van der Waals surface area contributed by atoms with E-state index >= 15 is 0 Å². The van der Waals surface area contributed by atoms with Crippen LogP contribution in [-0.2, 0) is 62.5 Å². The molecule has 6 unspecified atom stereocenters. The van der Waals surface area contributed by atoms with Crippen molar-refractivity contribution in [2.75, 3.05) is 19.6 Å². The van der Waals surface area contributed by atoms with Gasteiger partial charge in [-0.2, -0.15) is 0 Å². The number of benzene rings is 3. The molecule has 68 heavy (non-hydrogen) atoms. The largest absolute Gasteiger partial charge is 0.444 e. The van der Waals surface area contributed by atoms with Gasteiger partial charge in [0.05, 0.1) is 24.1 Å². The van der Waals surface area contributed by atoms with Crippen molar-refractivity contribution >= 4 is 131 Å². The van der Waals surface area contributed by atoms with Crippen molar-refractivity contribution < 1.29 is 32.2 Å². The molecule has 0 saturated heterocycles. The fourth-order valence-corrected chi connectivity index (χ4v) is 69.6. The number of nitrogens with one attached hydrogen (secondary N) is 2. The Morgan fingerprint density at radius 1 is 0.662 bits per heavy atom. The second-order valence-corrected chi connectivity index (χ2v) is 49.1. The van der Waals surface area contributed by atoms with Gasteiger partial charge in [-0.05, 0) is 123 Å². The average molecular weight is 1130 g/mol. The molecular formula is C45H65ClF3N6O4P9. The molecule has 0 radical (unpaired) electrons. The highest BCUT2D eigenvalue weighted by Crippen LogP contribution is 3.04. The summed E-state index contributed by atoms with van der Waals surface area (Å²) < 4.78 is 54.9. The zero-order valence-electron chi connectivity index (χ0n) is 39.8. The van der Waals surface area contributed by atoms with Gasteiger partial charge >= 0.3 is 12.2 Å². The summed E-state index contributed by atoms with van der Waals surface area (Å²) >= 11 is 0. The predicted octanol–water partition coefficient (Wildman–Crippen LogP) is 14.4. The van der Waals surface area contributed by atoms with Gasteiger partial charge in [-0.3, -0.25) is 0 Å². The van der Waals surface area contributed by atoms with Gasteiger partial charge < -0.3 is 38.7 Å². The number of aromatic nitrogens is 3. The lowest BCUT2D eigenvalue weighted by molar-refractivity contribution is 0.0214. The lowest BCUT2D eigenvalue weighted by atomic mass is 10.0. The maximum Gasteiger partial charge on any atom is 0.410 e. The maximum absolute atomic E-state index is 13.5. The molecule has 6 aromatic rings. The molecule has 9 rings (SSSR count). The molecule has 0 bridgehead atoms. The fourth-order valence-electron chi connectivity index (χ4n) is 8.43. The second kappa shape index (κ2) is 24.6. The van der Waals surface area contributed by atoms with Crippen LogP contribution in [0.25, 0.3) is 32.7 Å². The third-order valence-electron chi connectivity index (χ3n) is 11.4. The summed E-state index contributed by atoms with van der Waals surface area (Å²) in [6, 6.07) is 14.6. The number of carbonyl (C=O) groups excluding carboxylic acids is 2. The number of aromatic amines is 1. The van der Waals surface area contributed by atoms with E-state index in [1.54, 1.807) is 34.1 Å². The minimum Gasteiger partial charge on any atom is -0.444 e. The van der Waals surface area contributed by atoms with Crippen LogP contribution in [0.1, 0.15) is 75.3 Å². The molecule has 3 aliphatic heterocycles. The second-order valence-electron chi connectivity index (χ2n) is 18.5. The molecule has 2 amide bonds. The number of hydrogen-bond donors (Lipinski definition) is 2. The van der Waals surface area contributed by atoms with Crippen LogP contribution in [0.2, 0.25) is 0 Å². The fraction of sp³-hybridized carbons (Fsp3) is 0.422. The van der Waals surface area contributed by atoms with Crippen LogP contribution in [-0.4, -0.2) is 66.9 Å². The lowest BCUT2D eigenvalue weighted by Crippen LogP contribution is -2.40. The van der Waals surface area contributed by atoms with Gasteiger partial charge in [0.1, 0.15) is 28.7 Å². The molecule has 10 nitrogen and oxygen atoms in total. The Labute approximate surface area is 421 Å². The third kappa shape index (κ3) is 14.5. The molecule has 2 N–H and O–H groups in total. The quantitative estimate of drug-likeness (QED) is 0.172. The van der Waals surface area contributed by atoms with E-state index in [9.17, 15) is 22.8 Å². The first-order chi connectivity index (χ1) is 31.5. The predicted molar refractivity (Wildman–Crippen MR) is 305 cm³/mol. The van der Waals surface area contributed by atoms with Crippen molar-refractivity contribution in [1.29, 1.82) is 0 Å². The maximum atomic E-state index is 13.5. The summed E-state index contributed by atoms with van der Waals surface area (Å²) in [4.78, 5) is 31.1. The third-order valence-corrected chi connectivity index (χ3v) is 55.6. The molecule has 3 aromatic heterocycles. The minimum atomic E-state index is -0.501. The normalized spacial score (nSPS) is 14.8. The Hall–Kier alpha value is -1.27. The van der Waals surface area contributed by atoms with E-state index in [0.29, 0.717) is 33.2 Å². The minimum absolute atomic E-state index is 0. The highest BCUT2D eigenvalue weighted by molar-refractivity contribution is 9.10. The number of nitrogens with zero attached hydrogens (tertiary/aromatic N) is 4. The first kappa shape index (κ1) is 57.6. The molecule has 0 spiro atoms. The van der Waals surface area contributed by atoms with E-state index in [1.165, 1.54) is 46.6 Å². The monoisotopic (exact) mass is 1120 g/mol. The Bertz CT molecular complexity index is 2730. The van der Waals surface area contributed by atoms with Crippen molar-refractivity contribution in [3.05, 3.63) is 106 Å². The summed E-state index contributed by atoms with van der Waals surface area (Å²) in [6.07, 6.45) is 1.91. The smallest absolute Gasteiger partial charge is 0.410 e. The van der Waals surface area contributed by atoms with E-state index in [2.05, 4.69) is 59.5 Å². The van der Waals surface area contributed by atoms with E-state index < -0.39 is 11.2 Å². The summed E-state index contributed by atoms with van der Waals surface area (Å²) in [5, 5.41) is 6.51. The molecule has 6 heterocycles. The van der Waals surface area contributed by atoms with Crippen LogP contribution in [0.3, 0.4) is 0 Å². The SMILES string of the molecule is CC(C)(C)OC(=O)N1CCc2[nH]c3cc(F)ccc3c2C1.Cl.Cn1c2c(c3ccc(F)cc31)CN(C(=O)OC(C)(C)C)CC2.Cn1c2c(c3ccc(F)cc31)CNCC2.PPP(P(P)P)P(P)P. The number of carbonyl (C=O) groups is 2. The topological polar surface area (TPSA) is 96.8 Å². The summed E-state index contributed by atoms with van der Waals surface area (Å²) in [5.41, 5.74) is 8.73. The Kier molecular flexibility index (Phi) is 20.9. The number of H-pyrrole nitrogens is 1. The number of fused-ring (bicyclic) bond motifs is 9. The van der Waals surface area contributed by atoms with Crippen molar-refractivity contribution in [1.82, 2.24) is 29.2 Å². The van der Waals surface area contributed by atoms with Gasteiger partial charge in [-0.25, -0.2) is 22.8 Å². The van der Waals surface area contributed by atoms with Crippen LogP contribution in [0.15, 0.2) is 54.6 Å². The van der Waals surface area contributed by atoms with Gasteiger partial charge in [0.15, 0.2) is 0 Å². The molecule has 0 fully saturated rings. The number of aryl methyl sites for hydroxylation is 2. The van der Waals surface area contributed by atoms with Gasteiger partial charge in [0, 0.05) is 109 Å². The zero-order chi connectivity index (χ0) is 49.1. The zero-order valence-corrected chi connectivity index (χ0v) is 50.0. The first-order valence-electron chi connectivity index (χ1n) is 21.8. The van der Waals surface area contributed by atoms with Gasteiger partial charge in [-0.15, -0.1) is 57.0 Å². The number of hydrogen-bond acceptors (Lipinski definition) is 5. The first-order valence-corrected chi connectivity index (χ1v) is 37.3. The van der Waals surface area contributed by atoms with Gasteiger partial charge in [0.25, 0.3) is 0 Å². The number of halogens is 4. The van der Waals surface area contributed by atoms with Crippen molar-refractivity contribution in [2.45, 2.75) is 91.6 Å².